The summed E-state index contributed by atoms with van der Waals surface area (Å²) in [6, 6.07) is 15.5. The van der Waals surface area contributed by atoms with Gasteiger partial charge in [0.15, 0.2) is 11.3 Å². The Bertz CT molecular complexity index is 1050. The quantitative estimate of drug-likeness (QED) is 0.791. The number of fused-ring (bicyclic) bond motifs is 2. The topological polar surface area (TPSA) is 66.3 Å². The molecule has 6 nitrogen and oxygen atoms in total. The first kappa shape index (κ1) is 18.6. The molecule has 28 heavy (non-hydrogen) atoms. The van der Waals surface area contributed by atoms with Gasteiger partial charge in [0.05, 0.1) is 12.0 Å². The molecule has 1 amide bonds. The van der Waals surface area contributed by atoms with Crippen LogP contribution >= 0.6 is 11.8 Å². The van der Waals surface area contributed by atoms with Crippen LogP contribution in [0.4, 0.5) is 0 Å². The molecule has 4 rings (SSSR count). The fourth-order valence-electron chi connectivity index (χ4n) is 3.27. The van der Waals surface area contributed by atoms with Crippen molar-refractivity contribution < 1.29 is 9.53 Å². The predicted octanol–water partition coefficient (Wildman–Crippen LogP) is 2.37. The number of nitrogens with one attached hydrogen (secondary N) is 1. The number of amides is 1. The van der Waals surface area contributed by atoms with Crippen molar-refractivity contribution in [1.29, 1.82) is 0 Å². The first-order valence-corrected chi connectivity index (χ1v) is 10.6. The maximum Gasteiger partial charge on any atom is 0.276 e. The van der Waals surface area contributed by atoms with E-state index < -0.39 is 6.17 Å². The maximum absolute atomic E-state index is 12.9. The summed E-state index contributed by atoms with van der Waals surface area (Å²) in [5.41, 5.74) is 1.40. The molecule has 0 aliphatic carbocycles. The van der Waals surface area contributed by atoms with E-state index >= 15 is 0 Å². The molecule has 0 saturated heterocycles. The monoisotopic (exact) mass is 394 g/mol. The van der Waals surface area contributed by atoms with Crippen LogP contribution in [-0.4, -0.2) is 28.9 Å². The molecule has 0 bridgehead atoms. The van der Waals surface area contributed by atoms with Gasteiger partial charge in [-0.3, -0.25) is 15.1 Å². The lowest BCUT2D eigenvalue weighted by atomic mass is 10.1. The number of thioether (sulfide) groups is 1. The number of amidine groups is 1. The second-order valence-corrected chi connectivity index (χ2v) is 7.31. The number of nitrogens with zero attached hydrogens (tertiary/aromatic N) is 3. The molecular formula is C21H22N4O2S. The largest absolute Gasteiger partial charge is 0.493 e. The molecule has 0 fully saturated rings. The molecule has 0 radical (unpaired) electrons. The van der Waals surface area contributed by atoms with E-state index in [-0.39, 0.29) is 5.91 Å². The lowest BCUT2D eigenvalue weighted by Crippen LogP contribution is -2.50. The number of hydrogen-bond donors (Lipinski definition) is 1. The van der Waals surface area contributed by atoms with Crippen LogP contribution in [0, 0.1) is 0 Å². The number of ether oxygens (including phenoxy) is 1. The Hall–Kier alpha value is -2.80. The van der Waals surface area contributed by atoms with Crippen molar-refractivity contribution >= 4 is 28.5 Å². The first-order chi connectivity index (χ1) is 13.7. The molecule has 2 aliphatic heterocycles. The van der Waals surface area contributed by atoms with Crippen LogP contribution in [0.25, 0.3) is 5.70 Å². The summed E-state index contributed by atoms with van der Waals surface area (Å²) in [5.74, 6) is 0.603. The van der Waals surface area contributed by atoms with Gasteiger partial charge in [0, 0.05) is 10.8 Å². The Morgan fingerprint density at radius 1 is 1.18 bits per heavy atom. The Morgan fingerprint density at radius 3 is 2.79 bits per heavy atom. The number of carbonyl (C=O) groups is 1. The molecule has 2 aromatic carbocycles. The van der Waals surface area contributed by atoms with E-state index in [4.69, 9.17) is 9.73 Å². The van der Waals surface area contributed by atoms with E-state index in [1.165, 1.54) is 11.8 Å². The molecule has 0 saturated carbocycles. The fourth-order valence-corrected chi connectivity index (χ4v) is 3.64. The summed E-state index contributed by atoms with van der Waals surface area (Å²) in [7, 11) is 0. The average molecular weight is 395 g/mol. The van der Waals surface area contributed by atoms with Gasteiger partial charge in [-0.2, -0.15) is 0 Å². The van der Waals surface area contributed by atoms with Gasteiger partial charge in [-0.15, -0.1) is 5.10 Å². The van der Waals surface area contributed by atoms with E-state index in [2.05, 4.69) is 17.3 Å². The summed E-state index contributed by atoms with van der Waals surface area (Å²) in [6.07, 6.45) is 3.47. The number of carbonyl (C=O) groups excluding carboxylic acids is 1. The summed E-state index contributed by atoms with van der Waals surface area (Å²) in [4.78, 5) is 17.8. The van der Waals surface area contributed by atoms with Crippen LogP contribution in [0.5, 0.6) is 5.75 Å². The Balaban J connectivity index is 1.87. The van der Waals surface area contributed by atoms with Gasteiger partial charge in [0.1, 0.15) is 11.4 Å². The second kappa shape index (κ2) is 8.06. The molecule has 2 aromatic rings. The minimum absolute atomic E-state index is 0.170. The molecular weight excluding hydrogens is 372 g/mol. The zero-order valence-corrected chi connectivity index (χ0v) is 16.7. The standard InChI is InChI=1S/C21H22N4O2S/c1-3-4-13-27-17-12-8-6-10-15(17)19-22-16-11-7-5-9-14(16)18-20(26)23-21(28-2)24-25(18)19/h5-12,19H,3-4,13H2,1-2H3,(H,23,24,26). The summed E-state index contributed by atoms with van der Waals surface area (Å²) in [5, 5.41) is 11.3. The van der Waals surface area contributed by atoms with Crippen LogP contribution < -0.4 is 20.6 Å². The van der Waals surface area contributed by atoms with Crippen LogP contribution in [-0.2, 0) is 4.79 Å². The number of hydrazone groups is 1. The van der Waals surface area contributed by atoms with E-state index in [0.717, 1.165) is 34.7 Å². The lowest BCUT2D eigenvalue weighted by Gasteiger charge is -2.34. The summed E-state index contributed by atoms with van der Waals surface area (Å²) < 4.78 is 6.03. The molecule has 1 unspecified atom stereocenters. The van der Waals surface area contributed by atoms with Crippen LogP contribution in [0.2, 0.25) is 0 Å². The molecule has 0 spiro atoms. The third-order valence-electron chi connectivity index (χ3n) is 4.66. The zero-order chi connectivity index (χ0) is 19.5. The highest BCUT2D eigenvalue weighted by Gasteiger charge is 2.35. The fraction of sp³-hybridized carbons (Fsp3) is 0.286. The third-order valence-corrected chi connectivity index (χ3v) is 5.23. The molecule has 144 valence electrons. The van der Waals surface area contributed by atoms with Crippen molar-refractivity contribution in [1.82, 2.24) is 10.3 Å². The van der Waals surface area contributed by atoms with Crippen LogP contribution in [0.1, 0.15) is 31.5 Å². The maximum atomic E-state index is 12.9. The van der Waals surface area contributed by atoms with E-state index in [1.807, 2.05) is 54.8 Å². The highest BCUT2D eigenvalue weighted by Crippen LogP contribution is 2.35. The molecule has 7 heteroatoms. The Kier molecular flexibility index (Phi) is 5.34. The number of benzene rings is 2. The number of rotatable bonds is 5. The Morgan fingerprint density at radius 2 is 1.96 bits per heavy atom. The van der Waals surface area contributed by atoms with Gasteiger partial charge >= 0.3 is 0 Å². The van der Waals surface area contributed by atoms with Crippen molar-refractivity contribution in [3.63, 3.8) is 0 Å². The lowest BCUT2D eigenvalue weighted by molar-refractivity contribution is -0.116. The van der Waals surface area contributed by atoms with E-state index in [0.29, 0.717) is 17.5 Å². The highest BCUT2D eigenvalue weighted by atomic mass is 32.2. The summed E-state index contributed by atoms with van der Waals surface area (Å²) in [6.45, 7) is 2.78. The second-order valence-electron chi connectivity index (χ2n) is 6.52. The predicted molar refractivity (Wildman–Crippen MR) is 111 cm³/mol. The van der Waals surface area contributed by atoms with E-state index in [1.54, 1.807) is 5.01 Å². The van der Waals surface area contributed by atoms with Crippen molar-refractivity contribution in [3.05, 3.63) is 64.7 Å². The van der Waals surface area contributed by atoms with Crippen LogP contribution in [0.3, 0.4) is 0 Å². The van der Waals surface area contributed by atoms with Gasteiger partial charge < -0.3 is 4.74 Å². The Labute approximate surface area is 168 Å². The molecule has 1 atom stereocenters. The van der Waals surface area contributed by atoms with Crippen molar-refractivity contribution in [3.8, 4) is 5.75 Å². The average Bonchev–Trinajstić information content (AvgIpc) is 2.73. The molecule has 0 aromatic heterocycles. The minimum Gasteiger partial charge on any atom is -0.493 e. The van der Waals surface area contributed by atoms with E-state index in [9.17, 15) is 4.79 Å². The van der Waals surface area contributed by atoms with Crippen molar-refractivity contribution in [2.45, 2.75) is 25.9 Å². The van der Waals surface area contributed by atoms with Gasteiger partial charge in [-0.05, 0) is 24.8 Å². The molecule has 2 aliphatic rings. The van der Waals surface area contributed by atoms with Crippen LogP contribution in [0.15, 0.2) is 58.6 Å². The normalized spacial score (nSPS) is 17.9. The van der Waals surface area contributed by atoms with Gasteiger partial charge in [-0.1, -0.05) is 61.5 Å². The van der Waals surface area contributed by atoms with Crippen molar-refractivity contribution in [2.75, 3.05) is 12.9 Å². The molecule has 1 N–H and O–H groups in total. The van der Waals surface area contributed by atoms with Gasteiger partial charge in [0.25, 0.3) is 5.91 Å². The highest BCUT2D eigenvalue weighted by molar-refractivity contribution is 8.13. The number of hydrogen-bond acceptors (Lipinski definition) is 6. The first-order valence-electron chi connectivity index (χ1n) is 9.35. The third kappa shape index (κ3) is 3.38. The SMILES string of the molecule is CCCCOc1ccccc1C1N=c2ccccc2=C2C(=O)NC(SC)=NN21. The number of unbranched alkanes of at least 4 members (excludes halogenated alkanes) is 1. The van der Waals surface area contributed by atoms with Gasteiger partial charge in [-0.25, -0.2) is 5.01 Å². The van der Waals surface area contributed by atoms with Crippen molar-refractivity contribution in [2.24, 2.45) is 10.1 Å². The summed E-state index contributed by atoms with van der Waals surface area (Å²) >= 11 is 1.39. The minimum atomic E-state index is -0.462. The zero-order valence-electron chi connectivity index (χ0n) is 15.9. The number of para-hydroxylation sites is 2. The van der Waals surface area contributed by atoms with Gasteiger partial charge in [0.2, 0.25) is 0 Å². The smallest absolute Gasteiger partial charge is 0.276 e. The molecule has 2 heterocycles.